The van der Waals surface area contributed by atoms with Gasteiger partial charge in [-0.3, -0.25) is 19.6 Å². The molecule has 0 unspecified atom stereocenters. The molecule has 0 saturated heterocycles. The van der Waals surface area contributed by atoms with Gasteiger partial charge < -0.3 is 4.42 Å². The molecule has 0 saturated carbocycles. The van der Waals surface area contributed by atoms with Crippen molar-refractivity contribution in [2.75, 3.05) is 0 Å². The fourth-order valence-corrected chi connectivity index (χ4v) is 2.77. The van der Waals surface area contributed by atoms with Crippen LogP contribution in [0.1, 0.15) is 27.6 Å². The second-order valence-electron chi connectivity index (χ2n) is 5.59. The van der Waals surface area contributed by atoms with E-state index in [-0.39, 0.29) is 11.4 Å². The SMILES string of the molecule is Cc1ccc(/C=N\NC(=O)c2nn(Cc3ccc([N+](=O)[O-])cc3)cc2Br)o1. The van der Waals surface area contributed by atoms with Crippen molar-refractivity contribution < 1.29 is 14.1 Å². The smallest absolute Gasteiger partial charge is 0.293 e. The van der Waals surface area contributed by atoms with E-state index in [2.05, 4.69) is 31.6 Å². The minimum atomic E-state index is -0.483. The molecule has 3 aromatic rings. The first-order valence-corrected chi connectivity index (χ1v) is 8.58. The molecule has 1 aromatic carbocycles. The Morgan fingerprint density at radius 1 is 1.37 bits per heavy atom. The third-order valence-electron chi connectivity index (χ3n) is 3.54. The monoisotopic (exact) mass is 431 g/mol. The van der Waals surface area contributed by atoms with E-state index in [1.165, 1.54) is 18.3 Å². The number of nitro groups is 1. The van der Waals surface area contributed by atoms with Gasteiger partial charge in [0.15, 0.2) is 5.69 Å². The average Bonchev–Trinajstić information content (AvgIpc) is 3.20. The lowest BCUT2D eigenvalue weighted by molar-refractivity contribution is -0.384. The lowest BCUT2D eigenvalue weighted by Crippen LogP contribution is -2.19. The molecule has 0 radical (unpaired) electrons. The number of aryl methyl sites for hydroxylation is 1. The largest absolute Gasteiger partial charge is 0.460 e. The summed E-state index contributed by atoms with van der Waals surface area (Å²) in [6, 6.07) is 9.66. The molecule has 138 valence electrons. The zero-order valence-electron chi connectivity index (χ0n) is 14.1. The van der Waals surface area contributed by atoms with Crippen molar-refractivity contribution in [2.45, 2.75) is 13.5 Å². The van der Waals surface area contributed by atoms with Crippen LogP contribution in [0.25, 0.3) is 0 Å². The standard InChI is InChI=1S/C17H14BrN5O4/c1-11-2-7-14(27-11)8-19-20-17(24)16-15(18)10-22(21-16)9-12-3-5-13(6-4-12)23(25)26/h2-8,10H,9H2,1H3,(H,20,24)/b19-8-. The Bertz CT molecular complexity index is 1010. The second-order valence-corrected chi connectivity index (χ2v) is 6.45. The van der Waals surface area contributed by atoms with Gasteiger partial charge in [-0.25, -0.2) is 5.43 Å². The number of non-ortho nitro benzene ring substituents is 1. The van der Waals surface area contributed by atoms with Crippen LogP contribution in [0.3, 0.4) is 0 Å². The summed E-state index contributed by atoms with van der Waals surface area (Å²) in [6.07, 6.45) is 3.04. The number of nitrogens with one attached hydrogen (secondary N) is 1. The van der Waals surface area contributed by atoms with E-state index in [1.807, 2.05) is 6.92 Å². The maximum atomic E-state index is 12.2. The highest BCUT2D eigenvalue weighted by molar-refractivity contribution is 9.10. The predicted octanol–water partition coefficient (Wildman–Crippen LogP) is 3.27. The number of furan rings is 1. The van der Waals surface area contributed by atoms with Gasteiger partial charge in [-0.15, -0.1) is 0 Å². The number of nitrogens with zero attached hydrogens (tertiary/aromatic N) is 4. The Balaban J connectivity index is 1.65. The van der Waals surface area contributed by atoms with Crippen LogP contribution in [0.2, 0.25) is 0 Å². The minimum Gasteiger partial charge on any atom is -0.460 e. The highest BCUT2D eigenvalue weighted by atomic mass is 79.9. The zero-order chi connectivity index (χ0) is 19.4. The summed E-state index contributed by atoms with van der Waals surface area (Å²) in [4.78, 5) is 22.4. The number of nitro benzene ring substituents is 1. The molecule has 0 fully saturated rings. The Labute approximate surface area is 162 Å². The number of benzene rings is 1. The summed E-state index contributed by atoms with van der Waals surface area (Å²) < 4.78 is 7.38. The molecule has 0 atom stereocenters. The minimum absolute atomic E-state index is 0.0186. The van der Waals surface area contributed by atoms with Gasteiger partial charge in [0.2, 0.25) is 0 Å². The van der Waals surface area contributed by atoms with Crippen LogP contribution in [0.4, 0.5) is 5.69 Å². The summed E-state index contributed by atoms with van der Waals surface area (Å²) in [5.41, 5.74) is 3.39. The van der Waals surface area contributed by atoms with Crippen molar-refractivity contribution in [2.24, 2.45) is 5.10 Å². The van der Waals surface area contributed by atoms with Crippen LogP contribution in [0, 0.1) is 17.0 Å². The van der Waals surface area contributed by atoms with Crippen molar-refractivity contribution in [1.82, 2.24) is 15.2 Å². The fraction of sp³-hybridized carbons (Fsp3) is 0.118. The molecule has 1 amide bonds. The van der Waals surface area contributed by atoms with Gasteiger partial charge in [0.1, 0.15) is 11.5 Å². The maximum Gasteiger partial charge on any atom is 0.293 e. The van der Waals surface area contributed by atoms with E-state index >= 15 is 0 Å². The van der Waals surface area contributed by atoms with Crippen LogP contribution in [0.5, 0.6) is 0 Å². The summed E-state index contributed by atoms with van der Waals surface area (Å²) in [6.45, 7) is 2.17. The molecule has 27 heavy (non-hydrogen) atoms. The van der Waals surface area contributed by atoms with Crippen LogP contribution in [-0.2, 0) is 6.54 Å². The van der Waals surface area contributed by atoms with Crippen molar-refractivity contribution >= 4 is 33.7 Å². The number of hydrogen-bond donors (Lipinski definition) is 1. The number of carbonyl (C=O) groups is 1. The predicted molar refractivity (Wildman–Crippen MR) is 101 cm³/mol. The summed E-state index contributed by atoms with van der Waals surface area (Å²) in [5, 5.41) is 18.8. The van der Waals surface area contributed by atoms with E-state index in [9.17, 15) is 14.9 Å². The molecule has 0 aliphatic carbocycles. The number of carbonyl (C=O) groups excluding carboxylic acids is 1. The number of hydrazone groups is 1. The van der Waals surface area contributed by atoms with Gasteiger partial charge in [0.05, 0.1) is 22.2 Å². The van der Waals surface area contributed by atoms with E-state index in [4.69, 9.17) is 4.42 Å². The van der Waals surface area contributed by atoms with Crippen molar-refractivity contribution in [3.8, 4) is 0 Å². The van der Waals surface area contributed by atoms with Crippen molar-refractivity contribution in [3.05, 3.63) is 80.0 Å². The van der Waals surface area contributed by atoms with E-state index in [0.717, 1.165) is 11.3 Å². The average molecular weight is 432 g/mol. The molecule has 2 heterocycles. The quantitative estimate of drug-likeness (QED) is 0.365. The van der Waals surface area contributed by atoms with Crippen molar-refractivity contribution in [1.29, 1.82) is 0 Å². The van der Waals surface area contributed by atoms with Crippen LogP contribution in [-0.4, -0.2) is 26.8 Å². The molecular formula is C17H14BrN5O4. The van der Waals surface area contributed by atoms with Gasteiger partial charge in [0.25, 0.3) is 11.6 Å². The van der Waals surface area contributed by atoms with Gasteiger partial charge in [-0.05, 0) is 40.5 Å². The lowest BCUT2D eigenvalue weighted by atomic mass is 10.2. The summed E-state index contributed by atoms with van der Waals surface area (Å²) in [5.74, 6) is 0.787. The van der Waals surface area contributed by atoms with Crippen LogP contribution < -0.4 is 5.43 Å². The lowest BCUT2D eigenvalue weighted by Gasteiger charge is -2.01. The van der Waals surface area contributed by atoms with E-state index in [0.29, 0.717) is 16.8 Å². The highest BCUT2D eigenvalue weighted by Gasteiger charge is 2.15. The first kappa shape index (κ1) is 18.5. The van der Waals surface area contributed by atoms with Crippen LogP contribution >= 0.6 is 15.9 Å². The fourth-order valence-electron chi connectivity index (χ4n) is 2.27. The first-order chi connectivity index (χ1) is 12.9. The summed E-state index contributed by atoms with van der Waals surface area (Å²) in [7, 11) is 0. The van der Waals surface area contributed by atoms with Gasteiger partial charge in [0, 0.05) is 18.3 Å². The molecule has 0 bridgehead atoms. The molecule has 0 aliphatic heterocycles. The molecular weight excluding hydrogens is 418 g/mol. The molecule has 2 aromatic heterocycles. The molecule has 1 N–H and O–H groups in total. The Hall–Kier alpha value is -3.27. The third-order valence-corrected chi connectivity index (χ3v) is 4.12. The normalized spacial score (nSPS) is 11.0. The Kier molecular flexibility index (Phi) is 5.46. The van der Waals surface area contributed by atoms with E-state index in [1.54, 1.807) is 35.1 Å². The number of aromatic nitrogens is 2. The number of halogens is 1. The zero-order valence-corrected chi connectivity index (χ0v) is 15.7. The first-order valence-electron chi connectivity index (χ1n) is 7.78. The maximum absolute atomic E-state index is 12.2. The number of amides is 1. The Morgan fingerprint density at radius 3 is 2.74 bits per heavy atom. The van der Waals surface area contributed by atoms with Crippen molar-refractivity contribution in [3.63, 3.8) is 0 Å². The molecule has 9 nitrogen and oxygen atoms in total. The van der Waals surface area contributed by atoms with E-state index < -0.39 is 10.8 Å². The second kappa shape index (κ2) is 7.96. The topological polar surface area (TPSA) is 116 Å². The molecule has 10 heteroatoms. The molecule has 0 spiro atoms. The van der Waals surface area contributed by atoms with Gasteiger partial charge in [-0.1, -0.05) is 12.1 Å². The Morgan fingerprint density at radius 2 is 2.11 bits per heavy atom. The van der Waals surface area contributed by atoms with Crippen LogP contribution in [0.15, 0.2) is 56.6 Å². The highest BCUT2D eigenvalue weighted by Crippen LogP contribution is 2.17. The summed E-state index contributed by atoms with van der Waals surface area (Å²) >= 11 is 3.30. The van der Waals surface area contributed by atoms with Gasteiger partial charge in [-0.2, -0.15) is 10.2 Å². The third kappa shape index (κ3) is 4.67. The number of rotatable bonds is 6. The number of hydrogen-bond acceptors (Lipinski definition) is 6. The molecule has 0 aliphatic rings. The van der Waals surface area contributed by atoms with Gasteiger partial charge >= 0.3 is 0 Å². The molecule has 3 rings (SSSR count).